The van der Waals surface area contributed by atoms with Crippen LogP contribution in [0.1, 0.15) is 26.6 Å². The van der Waals surface area contributed by atoms with Gasteiger partial charge < -0.3 is 0 Å². The second kappa shape index (κ2) is 5.06. The molecule has 19 heavy (non-hydrogen) atoms. The van der Waals surface area contributed by atoms with Crippen molar-refractivity contribution in [3.05, 3.63) is 46.1 Å². The van der Waals surface area contributed by atoms with Gasteiger partial charge in [0.25, 0.3) is 0 Å². The zero-order chi connectivity index (χ0) is 14.2. The standard InChI is InChI=1S/C14H13Cl2FN2/c1-14(2,3)13-18-11(7-12(16)19-13)9-5-4-8(15)6-10(9)17/h4-7H,1-3H3. The molecule has 0 unspecified atom stereocenters. The lowest BCUT2D eigenvalue weighted by Gasteiger charge is -2.17. The van der Waals surface area contributed by atoms with Crippen molar-refractivity contribution in [2.75, 3.05) is 0 Å². The second-order valence-corrected chi connectivity index (χ2v) is 6.10. The monoisotopic (exact) mass is 298 g/mol. The Kier molecular flexibility index (Phi) is 3.79. The van der Waals surface area contributed by atoms with E-state index in [4.69, 9.17) is 23.2 Å². The van der Waals surface area contributed by atoms with E-state index < -0.39 is 5.82 Å². The molecule has 2 rings (SSSR count). The Labute approximate surface area is 121 Å². The molecule has 0 aliphatic carbocycles. The third kappa shape index (κ3) is 3.23. The van der Waals surface area contributed by atoms with E-state index in [0.717, 1.165) is 0 Å². The molecule has 0 aliphatic rings. The average Bonchev–Trinajstić information content (AvgIpc) is 2.26. The van der Waals surface area contributed by atoms with Crippen molar-refractivity contribution < 1.29 is 4.39 Å². The Morgan fingerprint density at radius 1 is 1.05 bits per heavy atom. The molecule has 2 aromatic rings. The van der Waals surface area contributed by atoms with Crippen molar-refractivity contribution >= 4 is 23.2 Å². The summed E-state index contributed by atoms with van der Waals surface area (Å²) in [4.78, 5) is 8.57. The van der Waals surface area contributed by atoms with E-state index in [1.165, 1.54) is 6.07 Å². The molecule has 0 spiro atoms. The Morgan fingerprint density at radius 2 is 1.74 bits per heavy atom. The Bertz CT molecular complexity index is 621. The van der Waals surface area contributed by atoms with Crippen LogP contribution in [0.25, 0.3) is 11.3 Å². The van der Waals surface area contributed by atoms with Gasteiger partial charge in [-0.1, -0.05) is 44.0 Å². The van der Waals surface area contributed by atoms with Crippen LogP contribution in [0.15, 0.2) is 24.3 Å². The maximum absolute atomic E-state index is 13.9. The first-order chi connectivity index (χ1) is 8.77. The Balaban J connectivity index is 2.59. The molecule has 0 saturated heterocycles. The summed E-state index contributed by atoms with van der Waals surface area (Å²) in [6.07, 6.45) is 0. The number of benzene rings is 1. The van der Waals surface area contributed by atoms with E-state index in [0.29, 0.717) is 27.3 Å². The van der Waals surface area contributed by atoms with Crippen LogP contribution in [0.4, 0.5) is 4.39 Å². The van der Waals surface area contributed by atoms with Crippen LogP contribution in [0.5, 0.6) is 0 Å². The van der Waals surface area contributed by atoms with E-state index in [2.05, 4.69) is 9.97 Å². The van der Waals surface area contributed by atoms with Crippen LogP contribution in [0, 0.1) is 5.82 Å². The molecule has 5 heteroatoms. The summed E-state index contributed by atoms with van der Waals surface area (Å²) in [5.74, 6) is 0.145. The van der Waals surface area contributed by atoms with E-state index >= 15 is 0 Å². The van der Waals surface area contributed by atoms with Crippen molar-refractivity contribution in [3.8, 4) is 11.3 Å². The molecule has 0 amide bonds. The number of hydrogen-bond acceptors (Lipinski definition) is 2. The van der Waals surface area contributed by atoms with Crippen molar-refractivity contribution in [2.24, 2.45) is 0 Å². The van der Waals surface area contributed by atoms with Gasteiger partial charge in [0.2, 0.25) is 0 Å². The molecule has 100 valence electrons. The highest BCUT2D eigenvalue weighted by molar-refractivity contribution is 6.30. The summed E-state index contributed by atoms with van der Waals surface area (Å²) in [6, 6.07) is 6.00. The van der Waals surface area contributed by atoms with Gasteiger partial charge in [-0.2, -0.15) is 0 Å². The Morgan fingerprint density at radius 3 is 2.32 bits per heavy atom. The highest BCUT2D eigenvalue weighted by Crippen LogP contribution is 2.28. The highest BCUT2D eigenvalue weighted by atomic mass is 35.5. The fourth-order valence-electron chi connectivity index (χ4n) is 1.59. The quantitative estimate of drug-likeness (QED) is 0.701. The number of aromatic nitrogens is 2. The van der Waals surface area contributed by atoms with Crippen LogP contribution in [-0.2, 0) is 5.41 Å². The van der Waals surface area contributed by atoms with E-state index in [-0.39, 0.29) is 5.41 Å². The Hall–Kier alpha value is -1.19. The third-order valence-corrected chi connectivity index (χ3v) is 3.00. The zero-order valence-electron chi connectivity index (χ0n) is 10.8. The minimum Gasteiger partial charge on any atom is -0.232 e. The van der Waals surface area contributed by atoms with Gasteiger partial charge in [0.1, 0.15) is 16.8 Å². The summed E-state index contributed by atoms with van der Waals surface area (Å²) in [5.41, 5.74) is 0.557. The molecule has 2 nitrogen and oxygen atoms in total. The maximum atomic E-state index is 13.9. The largest absolute Gasteiger partial charge is 0.232 e. The van der Waals surface area contributed by atoms with Crippen molar-refractivity contribution in [1.82, 2.24) is 9.97 Å². The first-order valence-corrected chi connectivity index (χ1v) is 6.53. The molecule has 0 fully saturated rings. The van der Waals surface area contributed by atoms with E-state index in [1.807, 2.05) is 20.8 Å². The zero-order valence-corrected chi connectivity index (χ0v) is 12.3. The smallest absolute Gasteiger partial charge is 0.136 e. The van der Waals surface area contributed by atoms with Gasteiger partial charge in [-0.05, 0) is 18.2 Å². The number of hydrogen-bond donors (Lipinski definition) is 0. The fraction of sp³-hybridized carbons (Fsp3) is 0.286. The molecule has 0 aliphatic heterocycles. The molecule has 1 aromatic carbocycles. The first kappa shape index (κ1) is 14.2. The van der Waals surface area contributed by atoms with Crippen LogP contribution in [0.2, 0.25) is 10.2 Å². The van der Waals surface area contributed by atoms with Gasteiger partial charge in [-0.3, -0.25) is 0 Å². The molecule has 0 radical (unpaired) electrons. The lowest BCUT2D eigenvalue weighted by atomic mass is 9.95. The molecular formula is C14H13Cl2FN2. The molecule has 1 aromatic heterocycles. The molecule has 0 bridgehead atoms. The van der Waals surface area contributed by atoms with E-state index in [1.54, 1.807) is 18.2 Å². The summed E-state index contributed by atoms with van der Waals surface area (Å²) in [7, 11) is 0. The normalized spacial score (nSPS) is 11.7. The lowest BCUT2D eigenvalue weighted by Crippen LogP contribution is -2.16. The summed E-state index contributed by atoms with van der Waals surface area (Å²) < 4.78 is 13.9. The van der Waals surface area contributed by atoms with Crippen LogP contribution in [-0.4, -0.2) is 9.97 Å². The van der Waals surface area contributed by atoms with Gasteiger partial charge in [0.05, 0.1) is 5.69 Å². The van der Waals surface area contributed by atoms with Crippen molar-refractivity contribution in [1.29, 1.82) is 0 Å². The summed E-state index contributed by atoms with van der Waals surface area (Å²) >= 11 is 11.7. The predicted molar refractivity (Wildman–Crippen MR) is 76.1 cm³/mol. The second-order valence-electron chi connectivity index (χ2n) is 5.27. The van der Waals surface area contributed by atoms with Crippen molar-refractivity contribution in [2.45, 2.75) is 26.2 Å². The SMILES string of the molecule is CC(C)(C)c1nc(Cl)cc(-c2ccc(Cl)cc2F)n1. The summed E-state index contributed by atoms with van der Waals surface area (Å²) in [6.45, 7) is 5.92. The third-order valence-electron chi connectivity index (χ3n) is 2.57. The molecule has 1 heterocycles. The number of halogens is 3. The van der Waals surface area contributed by atoms with Crippen LogP contribution < -0.4 is 0 Å². The minimum absolute atomic E-state index is 0.261. The van der Waals surface area contributed by atoms with Gasteiger partial charge in [-0.15, -0.1) is 0 Å². The van der Waals surface area contributed by atoms with Gasteiger partial charge in [0, 0.05) is 22.1 Å². The van der Waals surface area contributed by atoms with E-state index in [9.17, 15) is 4.39 Å². The molecule has 0 N–H and O–H groups in total. The number of rotatable bonds is 1. The fourth-order valence-corrected chi connectivity index (χ4v) is 1.93. The van der Waals surface area contributed by atoms with Crippen LogP contribution >= 0.6 is 23.2 Å². The topological polar surface area (TPSA) is 25.8 Å². The minimum atomic E-state index is -0.429. The number of nitrogens with zero attached hydrogens (tertiary/aromatic N) is 2. The molecular weight excluding hydrogens is 286 g/mol. The van der Waals surface area contributed by atoms with Gasteiger partial charge in [0.15, 0.2) is 0 Å². The molecule has 0 saturated carbocycles. The first-order valence-electron chi connectivity index (χ1n) is 5.78. The van der Waals surface area contributed by atoms with Crippen LogP contribution in [0.3, 0.4) is 0 Å². The summed E-state index contributed by atoms with van der Waals surface area (Å²) in [5, 5.41) is 0.640. The highest BCUT2D eigenvalue weighted by Gasteiger charge is 2.20. The van der Waals surface area contributed by atoms with Crippen molar-refractivity contribution in [3.63, 3.8) is 0 Å². The lowest BCUT2D eigenvalue weighted by molar-refractivity contribution is 0.545. The predicted octanol–water partition coefficient (Wildman–Crippen LogP) is 4.89. The average molecular weight is 299 g/mol. The molecule has 0 atom stereocenters. The van der Waals surface area contributed by atoms with Gasteiger partial charge in [-0.25, -0.2) is 14.4 Å². The maximum Gasteiger partial charge on any atom is 0.136 e. The van der Waals surface area contributed by atoms with Gasteiger partial charge >= 0.3 is 0 Å².